The lowest BCUT2D eigenvalue weighted by Gasteiger charge is -2.04. The van der Waals surface area contributed by atoms with Gasteiger partial charge < -0.3 is 10.1 Å². The predicted molar refractivity (Wildman–Crippen MR) is 47.6 cm³/mol. The van der Waals surface area contributed by atoms with Crippen LogP contribution in [0.4, 0.5) is 0 Å². The molecule has 1 heterocycles. The first-order valence-corrected chi connectivity index (χ1v) is 3.69. The van der Waals surface area contributed by atoms with Crippen LogP contribution in [-0.4, -0.2) is 16.1 Å². The average Bonchev–Trinajstić information content (AvgIpc) is 2.09. The van der Waals surface area contributed by atoms with Crippen molar-refractivity contribution in [3.8, 4) is 0 Å². The summed E-state index contributed by atoms with van der Waals surface area (Å²) >= 11 is 0. The van der Waals surface area contributed by atoms with E-state index in [-0.39, 0.29) is 5.56 Å². The van der Waals surface area contributed by atoms with E-state index in [2.05, 4.69) is 11.6 Å². The Morgan fingerprint density at radius 1 is 1.69 bits per heavy atom. The van der Waals surface area contributed by atoms with Gasteiger partial charge in [0, 0.05) is 11.8 Å². The summed E-state index contributed by atoms with van der Waals surface area (Å²) in [4.78, 5) is 24.2. The quantitative estimate of drug-likeness (QED) is 0.672. The first-order chi connectivity index (χ1) is 6.16. The molecule has 0 saturated carbocycles. The summed E-state index contributed by atoms with van der Waals surface area (Å²) in [7, 11) is 0. The zero-order chi connectivity index (χ0) is 9.84. The van der Waals surface area contributed by atoms with Crippen molar-refractivity contribution in [1.29, 1.82) is 0 Å². The monoisotopic (exact) mass is 179 g/mol. The van der Waals surface area contributed by atoms with Gasteiger partial charge in [0.1, 0.15) is 5.92 Å². The van der Waals surface area contributed by atoms with Crippen LogP contribution >= 0.6 is 0 Å². The summed E-state index contributed by atoms with van der Waals surface area (Å²) < 4.78 is 0. The number of hydrogen-bond acceptors (Lipinski definition) is 2. The molecule has 1 unspecified atom stereocenters. The standard InChI is InChI=1S/C9H9NO3/c1-2-6(9(12)13)7-4-3-5-10-8(7)11/h2-6H,1H2,(H,10,11)(H,12,13). The van der Waals surface area contributed by atoms with Crippen LogP contribution in [0.15, 0.2) is 35.8 Å². The molecule has 4 heteroatoms. The highest BCUT2D eigenvalue weighted by Gasteiger charge is 2.18. The predicted octanol–water partition coefficient (Wildman–Crippen LogP) is 0.729. The Bertz CT molecular complexity index is 380. The Morgan fingerprint density at radius 3 is 2.85 bits per heavy atom. The van der Waals surface area contributed by atoms with E-state index in [1.165, 1.54) is 18.3 Å². The van der Waals surface area contributed by atoms with E-state index in [1.54, 1.807) is 6.07 Å². The number of rotatable bonds is 3. The van der Waals surface area contributed by atoms with Crippen LogP contribution in [0.5, 0.6) is 0 Å². The molecule has 2 N–H and O–H groups in total. The van der Waals surface area contributed by atoms with E-state index in [9.17, 15) is 9.59 Å². The van der Waals surface area contributed by atoms with E-state index in [1.807, 2.05) is 0 Å². The number of aliphatic carboxylic acids is 1. The molecule has 13 heavy (non-hydrogen) atoms. The van der Waals surface area contributed by atoms with Crippen molar-refractivity contribution in [3.05, 3.63) is 46.9 Å². The maximum Gasteiger partial charge on any atom is 0.315 e. The van der Waals surface area contributed by atoms with Crippen molar-refractivity contribution in [3.63, 3.8) is 0 Å². The maximum absolute atomic E-state index is 11.2. The zero-order valence-corrected chi connectivity index (χ0v) is 6.86. The maximum atomic E-state index is 11.2. The smallest absolute Gasteiger partial charge is 0.315 e. The van der Waals surface area contributed by atoms with Crippen LogP contribution in [0.3, 0.4) is 0 Å². The molecule has 0 amide bonds. The van der Waals surface area contributed by atoms with Crippen LogP contribution in [0.2, 0.25) is 0 Å². The highest BCUT2D eigenvalue weighted by atomic mass is 16.4. The molecule has 0 radical (unpaired) electrons. The summed E-state index contributed by atoms with van der Waals surface area (Å²) in [6.07, 6.45) is 2.68. The number of hydrogen-bond donors (Lipinski definition) is 2. The van der Waals surface area contributed by atoms with E-state index >= 15 is 0 Å². The lowest BCUT2D eigenvalue weighted by atomic mass is 10.0. The van der Waals surface area contributed by atoms with Crippen LogP contribution < -0.4 is 5.56 Å². The van der Waals surface area contributed by atoms with E-state index in [0.29, 0.717) is 0 Å². The first kappa shape index (κ1) is 9.25. The second-order valence-corrected chi connectivity index (χ2v) is 2.51. The van der Waals surface area contributed by atoms with Gasteiger partial charge in [-0.25, -0.2) is 0 Å². The molecule has 0 aromatic carbocycles. The van der Waals surface area contributed by atoms with Gasteiger partial charge in [0.25, 0.3) is 5.56 Å². The molecule has 1 atom stereocenters. The molecule has 0 aliphatic rings. The van der Waals surface area contributed by atoms with Crippen molar-refractivity contribution in [2.24, 2.45) is 0 Å². The van der Waals surface area contributed by atoms with Gasteiger partial charge in [-0.2, -0.15) is 0 Å². The number of pyridine rings is 1. The van der Waals surface area contributed by atoms with E-state index in [0.717, 1.165) is 0 Å². The van der Waals surface area contributed by atoms with Crippen LogP contribution in [0, 0.1) is 0 Å². The van der Waals surface area contributed by atoms with Gasteiger partial charge in [-0.15, -0.1) is 6.58 Å². The van der Waals surface area contributed by atoms with Crippen LogP contribution in [-0.2, 0) is 4.79 Å². The zero-order valence-electron chi connectivity index (χ0n) is 6.86. The lowest BCUT2D eigenvalue weighted by Crippen LogP contribution is -2.19. The van der Waals surface area contributed by atoms with Crippen molar-refractivity contribution in [2.45, 2.75) is 5.92 Å². The summed E-state index contributed by atoms with van der Waals surface area (Å²) in [6, 6.07) is 3.05. The highest BCUT2D eigenvalue weighted by molar-refractivity contribution is 5.78. The third-order valence-electron chi connectivity index (χ3n) is 1.69. The Hall–Kier alpha value is -1.84. The molecule has 0 aliphatic heterocycles. The number of aromatic nitrogens is 1. The van der Waals surface area contributed by atoms with Gasteiger partial charge in [-0.05, 0) is 6.07 Å². The first-order valence-electron chi connectivity index (χ1n) is 3.69. The molecule has 1 aromatic heterocycles. The van der Waals surface area contributed by atoms with Crippen molar-refractivity contribution < 1.29 is 9.90 Å². The molecule has 0 spiro atoms. The fourth-order valence-corrected chi connectivity index (χ4v) is 1.04. The van der Waals surface area contributed by atoms with Gasteiger partial charge in [0.05, 0.1) is 0 Å². The van der Waals surface area contributed by atoms with Gasteiger partial charge in [-0.3, -0.25) is 9.59 Å². The summed E-state index contributed by atoms with van der Waals surface area (Å²) in [6.45, 7) is 3.37. The third-order valence-corrected chi connectivity index (χ3v) is 1.69. The molecule has 0 bridgehead atoms. The van der Waals surface area contributed by atoms with Gasteiger partial charge >= 0.3 is 5.97 Å². The van der Waals surface area contributed by atoms with Crippen molar-refractivity contribution in [1.82, 2.24) is 4.98 Å². The van der Waals surface area contributed by atoms with Gasteiger partial charge in [-0.1, -0.05) is 12.1 Å². The summed E-state index contributed by atoms with van der Waals surface area (Å²) in [5.41, 5.74) is -0.195. The fraction of sp³-hybridized carbons (Fsp3) is 0.111. The molecule has 1 rings (SSSR count). The minimum Gasteiger partial charge on any atom is -0.481 e. The van der Waals surface area contributed by atoms with Gasteiger partial charge in [0.2, 0.25) is 0 Å². The fourth-order valence-electron chi connectivity index (χ4n) is 1.04. The number of H-pyrrole nitrogens is 1. The molecular weight excluding hydrogens is 170 g/mol. The second kappa shape index (κ2) is 3.71. The van der Waals surface area contributed by atoms with Crippen molar-refractivity contribution in [2.75, 3.05) is 0 Å². The third kappa shape index (κ3) is 1.84. The topological polar surface area (TPSA) is 70.2 Å². The Labute approximate surface area is 74.5 Å². The number of aromatic amines is 1. The summed E-state index contributed by atoms with van der Waals surface area (Å²) in [5, 5.41) is 8.73. The Kier molecular flexibility index (Phi) is 2.64. The molecular formula is C9H9NO3. The molecule has 0 fully saturated rings. The number of carboxylic acid groups (broad SMARTS) is 1. The van der Waals surface area contributed by atoms with Crippen LogP contribution in [0.1, 0.15) is 11.5 Å². The minimum absolute atomic E-state index is 0.199. The number of carbonyl (C=O) groups is 1. The van der Waals surface area contributed by atoms with Crippen LogP contribution in [0.25, 0.3) is 0 Å². The molecule has 0 saturated heterocycles. The van der Waals surface area contributed by atoms with E-state index in [4.69, 9.17) is 5.11 Å². The molecule has 0 aliphatic carbocycles. The van der Waals surface area contributed by atoms with Crippen molar-refractivity contribution >= 4 is 5.97 Å². The molecule has 68 valence electrons. The SMILES string of the molecule is C=CC(C(=O)O)c1ccc[nH]c1=O. The summed E-state index contributed by atoms with van der Waals surface area (Å²) in [5.74, 6) is -2.02. The molecule has 4 nitrogen and oxygen atoms in total. The second-order valence-electron chi connectivity index (χ2n) is 2.51. The van der Waals surface area contributed by atoms with E-state index < -0.39 is 17.4 Å². The highest BCUT2D eigenvalue weighted by Crippen LogP contribution is 2.11. The number of nitrogens with one attached hydrogen (secondary N) is 1. The largest absolute Gasteiger partial charge is 0.481 e. The number of carboxylic acids is 1. The minimum atomic E-state index is -1.08. The molecule has 1 aromatic rings. The average molecular weight is 179 g/mol. The lowest BCUT2D eigenvalue weighted by molar-refractivity contribution is -0.137. The Morgan fingerprint density at radius 2 is 2.38 bits per heavy atom. The normalized spacial score (nSPS) is 12.0. The Balaban J connectivity index is 3.20. The van der Waals surface area contributed by atoms with Gasteiger partial charge in [0.15, 0.2) is 0 Å².